The largest absolute Gasteiger partial charge is 0.372 e. The molecule has 0 aliphatic carbocycles. The second-order valence-corrected chi connectivity index (χ2v) is 5.80. The van der Waals surface area contributed by atoms with Gasteiger partial charge in [-0.05, 0) is 37.1 Å². The van der Waals surface area contributed by atoms with Crippen molar-refractivity contribution in [2.75, 3.05) is 6.54 Å². The Morgan fingerprint density at radius 2 is 1.95 bits per heavy atom. The number of nitrogens with zero attached hydrogens (tertiary/aromatic N) is 1. The summed E-state index contributed by atoms with van der Waals surface area (Å²) in [6.07, 6.45) is 0. The molecule has 1 fully saturated rings. The van der Waals surface area contributed by atoms with Crippen molar-refractivity contribution in [1.82, 2.24) is 10.2 Å². The van der Waals surface area contributed by atoms with Crippen LogP contribution in [0.4, 0.5) is 0 Å². The lowest BCUT2D eigenvalue weighted by atomic mass is 9.96. The topological polar surface area (TPSA) is 75.7 Å². The zero-order chi connectivity index (χ0) is 15.2. The molecule has 2 heterocycles. The van der Waals surface area contributed by atoms with Crippen LogP contribution in [-0.4, -0.2) is 34.7 Å². The van der Waals surface area contributed by atoms with E-state index in [4.69, 9.17) is 4.74 Å². The van der Waals surface area contributed by atoms with Gasteiger partial charge >= 0.3 is 0 Å². The van der Waals surface area contributed by atoms with E-state index in [1.165, 1.54) is 4.90 Å². The molecule has 0 atom stereocenters. The minimum absolute atomic E-state index is 0.120. The average molecular weight is 288 g/mol. The van der Waals surface area contributed by atoms with Gasteiger partial charge in [-0.3, -0.25) is 19.7 Å². The van der Waals surface area contributed by atoms with Gasteiger partial charge in [0, 0.05) is 5.56 Å². The second kappa shape index (κ2) is 4.66. The van der Waals surface area contributed by atoms with Crippen LogP contribution in [0.2, 0.25) is 0 Å². The lowest BCUT2D eigenvalue weighted by molar-refractivity contribution is -0.143. The third-order valence-corrected chi connectivity index (χ3v) is 4.00. The number of carbonyl (C=O) groups excluding carboxylic acids is 3. The van der Waals surface area contributed by atoms with Crippen molar-refractivity contribution >= 4 is 17.7 Å². The molecule has 6 heteroatoms. The number of amides is 3. The lowest BCUT2D eigenvalue weighted by Crippen LogP contribution is -2.65. The number of hydrogen-bond acceptors (Lipinski definition) is 4. The summed E-state index contributed by atoms with van der Waals surface area (Å²) in [6, 6.07) is 5.34. The van der Waals surface area contributed by atoms with Crippen LogP contribution in [0.15, 0.2) is 18.2 Å². The van der Waals surface area contributed by atoms with Crippen LogP contribution in [0, 0.1) is 0 Å². The van der Waals surface area contributed by atoms with Gasteiger partial charge in [0.15, 0.2) is 0 Å². The standard InChI is InChI=1S/C15H16N2O4/c1-15(2)14(20)16-12(18)6-17(15)13(19)9-3-4-10-7-21-8-11(10)5-9/h3-5H,6-8H2,1-2H3,(H,16,18,20). The van der Waals surface area contributed by atoms with Crippen molar-refractivity contribution in [2.45, 2.75) is 32.6 Å². The second-order valence-electron chi connectivity index (χ2n) is 5.80. The molecule has 0 aromatic heterocycles. The van der Waals surface area contributed by atoms with E-state index < -0.39 is 17.4 Å². The first kappa shape index (κ1) is 13.8. The molecule has 1 N–H and O–H groups in total. The average Bonchev–Trinajstić information content (AvgIpc) is 2.89. The molecule has 2 aliphatic rings. The molecular formula is C15H16N2O4. The van der Waals surface area contributed by atoms with E-state index in [1.54, 1.807) is 26.0 Å². The number of benzene rings is 1. The van der Waals surface area contributed by atoms with Crippen LogP contribution in [0.25, 0.3) is 0 Å². The highest BCUT2D eigenvalue weighted by molar-refractivity contribution is 6.08. The van der Waals surface area contributed by atoms with Gasteiger partial charge in [-0.1, -0.05) is 6.07 Å². The summed E-state index contributed by atoms with van der Waals surface area (Å²) in [4.78, 5) is 37.4. The number of nitrogens with one attached hydrogen (secondary N) is 1. The Labute approximate surface area is 122 Å². The Balaban J connectivity index is 1.93. The summed E-state index contributed by atoms with van der Waals surface area (Å²) in [7, 11) is 0. The quantitative estimate of drug-likeness (QED) is 0.768. The Morgan fingerprint density at radius 3 is 2.71 bits per heavy atom. The number of rotatable bonds is 1. The summed E-state index contributed by atoms with van der Waals surface area (Å²) in [6.45, 7) is 4.18. The number of carbonyl (C=O) groups is 3. The Bertz CT molecular complexity index is 651. The summed E-state index contributed by atoms with van der Waals surface area (Å²) >= 11 is 0. The van der Waals surface area contributed by atoms with Gasteiger partial charge in [-0.2, -0.15) is 0 Å². The van der Waals surface area contributed by atoms with Crippen LogP contribution < -0.4 is 5.32 Å². The van der Waals surface area contributed by atoms with Gasteiger partial charge in [0.25, 0.3) is 11.8 Å². The first-order chi connectivity index (χ1) is 9.89. The summed E-state index contributed by atoms with van der Waals surface area (Å²) < 4.78 is 5.33. The molecule has 3 amide bonds. The molecule has 0 unspecified atom stereocenters. The monoisotopic (exact) mass is 288 g/mol. The van der Waals surface area contributed by atoms with Gasteiger partial charge in [0.2, 0.25) is 5.91 Å². The number of piperazine rings is 1. The van der Waals surface area contributed by atoms with Crippen molar-refractivity contribution in [1.29, 1.82) is 0 Å². The predicted molar refractivity (Wildman–Crippen MR) is 73.2 cm³/mol. The maximum atomic E-state index is 12.7. The van der Waals surface area contributed by atoms with Crippen molar-refractivity contribution in [2.24, 2.45) is 0 Å². The molecule has 1 aromatic rings. The Morgan fingerprint density at radius 1 is 1.24 bits per heavy atom. The van der Waals surface area contributed by atoms with Crippen molar-refractivity contribution in [3.05, 3.63) is 34.9 Å². The molecule has 0 radical (unpaired) electrons. The third-order valence-electron chi connectivity index (χ3n) is 4.00. The fourth-order valence-electron chi connectivity index (χ4n) is 2.57. The zero-order valence-corrected chi connectivity index (χ0v) is 11.9. The van der Waals surface area contributed by atoms with Gasteiger partial charge in [0.05, 0.1) is 13.2 Å². The van der Waals surface area contributed by atoms with Crippen LogP contribution in [-0.2, 0) is 27.5 Å². The maximum Gasteiger partial charge on any atom is 0.255 e. The molecule has 6 nitrogen and oxygen atoms in total. The minimum Gasteiger partial charge on any atom is -0.372 e. The fraction of sp³-hybridized carbons (Fsp3) is 0.400. The minimum atomic E-state index is -1.06. The molecule has 0 spiro atoms. The van der Waals surface area contributed by atoms with E-state index in [0.717, 1.165) is 11.1 Å². The first-order valence-corrected chi connectivity index (χ1v) is 6.75. The molecule has 110 valence electrons. The third kappa shape index (κ3) is 2.21. The SMILES string of the molecule is CC1(C)C(=O)NC(=O)CN1C(=O)c1ccc2c(c1)COC2. The number of imide groups is 1. The van der Waals surface area contributed by atoms with Gasteiger partial charge < -0.3 is 9.64 Å². The first-order valence-electron chi connectivity index (χ1n) is 6.75. The number of ether oxygens (including phenoxy) is 1. The van der Waals surface area contributed by atoms with Crippen LogP contribution in [0.5, 0.6) is 0 Å². The molecule has 1 aromatic carbocycles. The van der Waals surface area contributed by atoms with Crippen molar-refractivity contribution < 1.29 is 19.1 Å². The predicted octanol–water partition coefficient (Wildman–Crippen LogP) is 0.594. The lowest BCUT2D eigenvalue weighted by Gasteiger charge is -2.40. The van der Waals surface area contributed by atoms with E-state index in [9.17, 15) is 14.4 Å². The highest BCUT2D eigenvalue weighted by Gasteiger charge is 2.43. The Kier molecular flexibility index (Phi) is 3.06. The smallest absolute Gasteiger partial charge is 0.255 e. The maximum absolute atomic E-state index is 12.7. The van der Waals surface area contributed by atoms with Crippen LogP contribution in [0.1, 0.15) is 35.3 Å². The van der Waals surface area contributed by atoms with Gasteiger partial charge in [-0.15, -0.1) is 0 Å². The van der Waals surface area contributed by atoms with E-state index in [-0.39, 0.29) is 12.5 Å². The van der Waals surface area contributed by atoms with Crippen molar-refractivity contribution in [3.63, 3.8) is 0 Å². The molecular weight excluding hydrogens is 272 g/mol. The molecule has 2 aliphatic heterocycles. The normalized spacial score (nSPS) is 20.2. The van der Waals surface area contributed by atoms with E-state index in [0.29, 0.717) is 18.8 Å². The summed E-state index contributed by atoms with van der Waals surface area (Å²) in [5, 5.41) is 2.26. The summed E-state index contributed by atoms with van der Waals surface area (Å²) in [5.41, 5.74) is 1.46. The molecule has 21 heavy (non-hydrogen) atoms. The highest BCUT2D eigenvalue weighted by atomic mass is 16.5. The van der Waals surface area contributed by atoms with E-state index in [2.05, 4.69) is 5.32 Å². The molecule has 3 rings (SSSR count). The fourth-order valence-corrected chi connectivity index (χ4v) is 2.57. The molecule has 0 saturated carbocycles. The number of hydrogen-bond donors (Lipinski definition) is 1. The molecule has 1 saturated heterocycles. The van der Waals surface area contributed by atoms with Crippen LogP contribution >= 0.6 is 0 Å². The highest BCUT2D eigenvalue weighted by Crippen LogP contribution is 2.25. The molecule has 0 bridgehead atoms. The number of fused-ring (bicyclic) bond motifs is 1. The van der Waals surface area contributed by atoms with Crippen molar-refractivity contribution in [3.8, 4) is 0 Å². The van der Waals surface area contributed by atoms with E-state index >= 15 is 0 Å². The Hall–Kier alpha value is -2.21. The summed E-state index contributed by atoms with van der Waals surface area (Å²) in [5.74, 6) is -1.24. The van der Waals surface area contributed by atoms with Gasteiger partial charge in [-0.25, -0.2) is 0 Å². The zero-order valence-electron chi connectivity index (χ0n) is 11.9. The van der Waals surface area contributed by atoms with E-state index in [1.807, 2.05) is 6.07 Å². The van der Waals surface area contributed by atoms with Crippen LogP contribution in [0.3, 0.4) is 0 Å². The van der Waals surface area contributed by atoms with Gasteiger partial charge in [0.1, 0.15) is 12.1 Å².